The summed E-state index contributed by atoms with van der Waals surface area (Å²) in [5, 5.41) is 3.05. The lowest BCUT2D eigenvalue weighted by Gasteiger charge is -2.37. The minimum absolute atomic E-state index is 0.290. The van der Waals surface area contributed by atoms with Gasteiger partial charge in [0.1, 0.15) is 11.4 Å². The van der Waals surface area contributed by atoms with Crippen LogP contribution in [0.2, 0.25) is 0 Å². The van der Waals surface area contributed by atoms with Crippen LogP contribution in [-0.2, 0) is 10.9 Å². The molecular weight excluding hydrogens is 328 g/mol. The van der Waals surface area contributed by atoms with Crippen LogP contribution in [0.3, 0.4) is 0 Å². The summed E-state index contributed by atoms with van der Waals surface area (Å²) in [6, 6.07) is 2.14. The van der Waals surface area contributed by atoms with Crippen LogP contribution in [0.4, 0.5) is 22.4 Å². The van der Waals surface area contributed by atoms with Gasteiger partial charge in [-0.05, 0) is 38.5 Å². The van der Waals surface area contributed by atoms with Crippen molar-refractivity contribution in [3.63, 3.8) is 0 Å². The van der Waals surface area contributed by atoms with Gasteiger partial charge in [-0.3, -0.25) is 4.90 Å². The third-order valence-electron chi connectivity index (χ3n) is 3.55. The van der Waals surface area contributed by atoms with Crippen LogP contribution >= 0.6 is 0 Å². The summed E-state index contributed by atoms with van der Waals surface area (Å²) in [4.78, 5) is 13.7. The first-order chi connectivity index (χ1) is 11.0. The Balaban J connectivity index is 2.28. The van der Waals surface area contributed by atoms with Crippen molar-refractivity contribution in [1.82, 2.24) is 10.2 Å². The quantitative estimate of drug-likeness (QED) is 0.787. The molecule has 1 unspecified atom stereocenters. The van der Waals surface area contributed by atoms with Crippen molar-refractivity contribution < 1.29 is 27.1 Å². The normalized spacial score (nSPS) is 19.3. The molecule has 0 aliphatic carbocycles. The zero-order chi connectivity index (χ0) is 18.1. The van der Waals surface area contributed by atoms with Crippen LogP contribution in [0, 0.1) is 5.82 Å². The van der Waals surface area contributed by atoms with E-state index >= 15 is 0 Å². The molecule has 24 heavy (non-hydrogen) atoms. The van der Waals surface area contributed by atoms with Crippen molar-refractivity contribution in [3.05, 3.63) is 35.1 Å². The van der Waals surface area contributed by atoms with Crippen molar-refractivity contribution in [3.8, 4) is 0 Å². The zero-order valence-corrected chi connectivity index (χ0v) is 13.7. The van der Waals surface area contributed by atoms with Crippen molar-refractivity contribution in [2.75, 3.05) is 19.6 Å². The maximum atomic E-state index is 13.8. The largest absolute Gasteiger partial charge is 0.444 e. The van der Waals surface area contributed by atoms with E-state index in [1.165, 1.54) is 11.0 Å². The second-order valence-corrected chi connectivity index (χ2v) is 6.63. The number of piperazine rings is 1. The second kappa shape index (κ2) is 6.58. The van der Waals surface area contributed by atoms with E-state index in [4.69, 9.17) is 4.74 Å². The van der Waals surface area contributed by atoms with E-state index in [0.717, 1.165) is 6.07 Å². The molecule has 1 aliphatic rings. The number of rotatable bonds is 1. The lowest BCUT2D eigenvalue weighted by atomic mass is 10.0. The van der Waals surface area contributed by atoms with Crippen molar-refractivity contribution in [1.29, 1.82) is 0 Å². The van der Waals surface area contributed by atoms with Gasteiger partial charge >= 0.3 is 12.3 Å². The van der Waals surface area contributed by atoms with Gasteiger partial charge in [-0.2, -0.15) is 13.2 Å². The Kier molecular flexibility index (Phi) is 5.08. The zero-order valence-electron chi connectivity index (χ0n) is 13.7. The molecule has 0 spiro atoms. The molecule has 0 aromatic heterocycles. The molecule has 1 saturated heterocycles. The molecule has 0 saturated carbocycles. The third-order valence-corrected chi connectivity index (χ3v) is 3.55. The van der Waals surface area contributed by atoms with E-state index in [1.54, 1.807) is 20.8 Å². The highest BCUT2D eigenvalue weighted by Gasteiger charge is 2.36. The van der Waals surface area contributed by atoms with Gasteiger partial charge in [0.05, 0.1) is 11.6 Å². The fraction of sp³-hybridized carbons (Fsp3) is 0.562. The van der Waals surface area contributed by atoms with E-state index < -0.39 is 35.3 Å². The number of carbonyl (C=O) groups excluding carboxylic acids is 1. The maximum Gasteiger partial charge on any atom is 0.419 e. The Bertz CT molecular complexity index is 611. The van der Waals surface area contributed by atoms with Gasteiger partial charge in [-0.15, -0.1) is 0 Å². The number of hydrogen-bond donors (Lipinski definition) is 1. The number of hydrogen-bond acceptors (Lipinski definition) is 3. The minimum atomic E-state index is -4.75. The molecule has 1 aromatic rings. The van der Waals surface area contributed by atoms with E-state index in [-0.39, 0.29) is 0 Å². The number of carbonyl (C=O) groups is 1. The first-order valence-corrected chi connectivity index (χ1v) is 7.56. The number of halogens is 4. The molecule has 4 nitrogen and oxygen atoms in total. The molecule has 134 valence electrons. The maximum absolute atomic E-state index is 13.8. The number of benzene rings is 1. The lowest BCUT2D eigenvalue weighted by Crippen LogP contribution is -2.50. The Labute approximate surface area is 137 Å². The topological polar surface area (TPSA) is 41.6 Å². The summed E-state index contributed by atoms with van der Waals surface area (Å²) in [6.07, 6.45) is -5.33. The first kappa shape index (κ1) is 18.5. The van der Waals surface area contributed by atoms with Crippen molar-refractivity contribution in [2.24, 2.45) is 0 Å². The van der Waals surface area contributed by atoms with E-state index in [9.17, 15) is 22.4 Å². The van der Waals surface area contributed by atoms with E-state index in [2.05, 4.69) is 5.32 Å². The number of amides is 1. The van der Waals surface area contributed by atoms with Crippen LogP contribution < -0.4 is 5.32 Å². The number of nitrogens with one attached hydrogen (secondary N) is 1. The summed E-state index contributed by atoms with van der Waals surface area (Å²) in [7, 11) is 0. The number of ether oxygens (including phenoxy) is 1. The average Bonchev–Trinajstić information content (AvgIpc) is 2.44. The Morgan fingerprint density at radius 2 is 1.96 bits per heavy atom. The molecule has 1 amide bonds. The molecule has 1 fully saturated rings. The Hall–Kier alpha value is -1.83. The highest BCUT2D eigenvalue weighted by molar-refractivity contribution is 5.69. The highest BCUT2D eigenvalue weighted by atomic mass is 19.4. The predicted octanol–water partition coefficient (Wildman–Crippen LogP) is 3.73. The van der Waals surface area contributed by atoms with Crippen LogP contribution in [-0.4, -0.2) is 36.2 Å². The fourth-order valence-electron chi connectivity index (χ4n) is 2.51. The van der Waals surface area contributed by atoms with Crippen LogP contribution in [0.5, 0.6) is 0 Å². The molecular formula is C16H20F4N2O2. The fourth-order valence-corrected chi connectivity index (χ4v) is 2.51. The Morgan fingerprint density at radius 3 is 2.50 bits per heavy atom. The van der Waals surface area contributed by atoms with Gasteiger partial charge in [0.25, 0.3) is 0 Å². The summed E-state index contributed by atoms with van der Waals surface area (Å²) in [5.74, 6) is -1.35. The van der Waals surface area contributed by atoms with E-state index in [0.29, 0.717) is 31.3 Å². The van der Waals surface area contributed by atoms with Gasteiger partial charge < -0.3 is 10.1 Å². The molecule has 1 N–H and O–H groups in total. The third kappa shape index (κ3) is 4.37. The van der Waals surface area contributed by atoms with Gasteiger partial charge in [0, 0.05) is 19.6 Å². The smallest absolute Gasteiger partial charge is 0.419 e. The molecule has 1 heterocycles. The SMILES string of the molecule is CC(C)(C)OC(=O)N1CCNCC1c1ccc(C(F)(F)F)c(F)c1. The molecule has 0 radical (unpaired) electrons. The molecule has 1 aromatic carbocycles. The summed E-state index contributed by atoms with van der Waals surface area (Å²) in [6.45, 7) is 6.32. The van der Waals surface area contributed by atoms with Gasteiger partial charge in [0.2, 0.25) is 0 Å². The lowest BCUT2D eigenvalue weighted by molar-refractivity contribution is -0.140. The number of nitrogens with zero attached hydrogens (tertiary/aromatic N) is 1. The van der Waals surface area contributed by atoms with Crippen LogP contribution in [0.1, 0.15) is 37.9 Å². The average molecular weight is 348 g/mol. The second-order valence-electron chi connectivity index (χ2n) is 6.63. The van der Waals surface area contributed by atoms with E-state index in [1.807, 2.05) is 0 Å². The van der Waals surface area contributed by atoms with Crippen molar-refractivity contribution >= 4 is 6.09 Å². The van der Waals surface area contributed by atoms with Gasteiger partial charge in [0.15, 0.2) is 0 Å². The van der Waals surface area contributed by atoms with Gasteiger partial charge in [-0.1, -0.05) is 6.07 Å². The van der Waals surface area contributed by atoms with Crippen LogP contribution in [0.15, 0.2) is 18.2 Å². The first-order valence-electron chi connectivity index (χ1n) is 7.56. The molecule has 0 bridgehead atoms. The molecule has 1 atom stereocenters. The van der Waals surface area contributed by atoms with Gasteiger partial charge in [-0.25, -0.2) is 9.18 Å². The predicted molar refractivity (Wildman–Crippen MR) is 80.0 cm³/mol. The summed E-state index contributed by atoms with van der Waals surface area (Å²) >= 11 is 0. The van der Waals surface area contributed by atoms with Crippen molar-refractivity contribution in [2.45, 2.75) is 38.6 Å². The molecule has 1 aliphatic heterocycles. The molecule has 8 heteroatoms. The molecule has 2 rings (SSSR count). The number of alkyl halides is 3. The summed E-state index contributed by atoms with van der Waals surface area (Å²) in [5.41, 5.74) is -1.73. The van der Waals surface area contributed by atoms with Crippen LogP contribution in [0.25, 0.3) is 0 Å². The highest BCUT2D eigenvalue weighted by Crippen LogP contribution is 2.33. The summed E-state index contributed by atoms with van der Waals surface area (Å²) < 4.78 is 57.2. The monoisotopic (exact) mass is 348 g/mol. The Morgan fingerprint density at radius 1 is 1.29 bits per heavy atom. The minimum Gasteiger partial charge on any atom is -0.444 e. The standard InChI is InChI=1S/C16H20F4N2O2/c1-15(2,3)24-14(23)22-7-6-21-9-13(22)10-4-5-11(12(17)8-10)16(18,19)20/h4-5,8,13,21H,6-7,9H2,1-3H3.